The third-order valence-corrected chi connectivity index (χ3v) is 5.57. The summed E-state index contributed by atoms with van der Waals surface area (Å²) >= 11 is 6.13. The van der Waals surface area contributed by atoms with Crippen LogP contribution >= 0.6 is 11.6 Å². The minimum atomic E-state index is -0.584. The zero-order valence-corrected chi connectivity index (χ0v) is 13.1. The molecule has 2 atom stereocenters. The number of benzene rings is 1. The highest BCUT2D eigenvalue weighted by Crippen LogP contribution is 2.46. The molecule has 3 fully saturated rings. The molecule has 1 spiro atoms. The van der Waals surface area contributed by atoms with Gasteiger partial charge in [-0.25, -0.2) is 0 Å². The van der Waals surface area contributed by atoms with Crippen LogP contribution in [-0.4, -0.2) is 53.1 Å². The average Bonchev–Trinajstić information content (AvgIpc) is 3.13. The Morgan fingerprint density at radius 3 is 3.05 bits per heavy atom. The summed E-state index contributed by atoms with van der Waals surface area (Å²) in [5.74, 6) is 0.0230. The number of nitrogens with zero attached hydrogens (tertiary/aromatic N) is 2. The van der Waals surface area contributed by atoms with Crippen molar-refractivity contribution in [2.75, 3.05) is 19.7 Å². The molecule has 1 aromatic carbocycles. The molecule has 3 aliphatic heterocycles. The summed E-state index contributed by atoms with van der Waals surface area (Å²) < 4.78 is 5.91. The maximum absolute atomic E-state index is 12.9. The second kappa shape index (κ2) is 4.70. The Balaban J connectivity index is 1.68. The Bertz CT molecular complexity index is 677. The SMILES string of the molecule is Cc1c(Cl)cccc1C(=O)N1CC[C@@]23OCCN2C(=O)C[C@@H]13. The van der Waals surface area contributed by atoms with Gasteiger partial charge in [0, 0.05) is 30.1 Å². The number of hydrogen-bond donors (Lipinski definition) is 0. The largest absolute Gasteiger partial charge is 0.351 e. The Morgan fingerprint density at radius 2 is 2.23 bits per heavy atom. The highest BCUT2D eigenvalue weighted by Gasteiger charge is 2.62. The molecule has 0 radical (unpaired) electrons. The molecule has 3 heterocycles. The second-order valence-corrected chi connectivity index (χ2v) is 6.53. The third kappa shape index (κ3) is 1.69. The zero-order valence-electron chi connectivity index (χ0n) is 12.3. The summed E-state index contributed by atoms with van der Waals surface area (Å²) in [6.07, 6.45) is 1.04. The molecule has 0 bridgehead atoms. The fourth-order valence-electron chi connectivity index (χ4n) is 4.03. The molecular formula is C16H17ClN2O3. The van der Waals surface area contributed by atoms with Crippen molar-refractivity contribution in [3.63, 3.8) is 0 Å². The number of hydrogen-bond acceptors (Lipinski definition) is 3. The van der Waals surface area contributed by atoms with Gasteiger partial charge in [-0.2, -0.15) is 0 Å². The highest BCUT2D eigenvalue weighted by atomic mass is 35.5. The molecule has 6 heteroatoms. The van der Waals surface area contributed by atoms with Crippen LogP contribution in [0.5, 0.6) is 0 Å². The minimum absolute atomic E-state index is 0.0629. The van der Waals surface area contributed by atoms with Gasteiger partial charge in [0.25, 0.3) is 5.91 Å². The van der Waals surface area contributed by atoms with E-state index in [1.165, 1.54) is 0 Å². The van der Waals surface area contributed by atoms with Crippen molar-refractivity contribution in [1.82, 2.24) is 9.80 Å². The molecule has 0 N–H and O–H groups in total. The molecular weight excluding hydrogens is 304 g/mol. The lowest BCUT2D eigenvalue weighted by molar-refractivity contribution is -0.136. The molecule has 116 valence electrons. The molecule has 1 aromatic rings. The van der Waals surface area contributed by atoms with E-state index in [9.17, 15) is 9.59 Å². The maximum atomic E-state index is 12.9. The first kappa shape index (κ1) is 14.0. The van der Waals surface area contributed by atoms with Gasteiger partial charge in [0.2, 0.25) is 5.91 Å². The summed E-state index contributed by atoms with van der Waals surface area (Å²) in [7, 11) is 0. The van der Waals surface area contributed by atoms with Crippen molar-refractivity contribution in [2.24, 2.45) is 0 Å². The van der Waals surface area contributed by atoms with Crippen molar-refractivity contribution in [3.8, 4) is 0 Å². The normalized spacial score (nSPS) is 29.9. The Kier molecular flexibility index (Phi) is 3.00. The van der Waals surface area contributed by atoms with Gasteiger partial charge >= 0.3 is 0 Å². The van der Waals surface area contributed by atoms with Crippen molar-refractivity contribution in [3.05, 3.63) is 34.3 Å². The molecule has 0 saturated carbocycles. The third-order valence-electron chi connectivity index (χ3n) is 5.16. The first-order valence-electron chi connectivity index (χ1n) is 7.55. The molecule has 5 nitrogen and oxygen atoms in total. The van der Waals surface area contributed by atoms with Gasteiger partial charge in [0.15, 0.2) is 5.72 Å². The van der Waals surface area contributed by atoms with Gasteiger partial charge in [0.1, 0.15) is 0 Å². The Morgan fingerprint density at radius 1 is 1.41 bits per heavy atom. The van der Waals surface area contributed by atoms with Crippen LogP contribution in [0.25, 0.3) is 0 Å². The van der Waals surface area contributed by atoms with Crippen LogP contribution in [0.15, 0.2) is 18.2 Å². The van der Waals surface area contributed by atoms with E-state index in [1.807, 2.05) is 11.8 Å². The van der Waals surface area contributed by atoms with E-state index in [0.717, 1.165) is 5.56 Å². The van der Waals surface area contributed by atoms with Crippen LogP contribution in [0, 0.1) is 6.92 Å². The summed E-state index contributed by atoms with van der Waals surface area (Å²) in [4.78, 5) is 28.7. The number of likely N-dealkylation sites (tertiary alicyclic amines) is 1. The van der Waals surface area contributed by atoms with Crippen LogP contribution in [0.3, 0.4) is 0 Å². The van der Waals surface area contributed by atoms with Crippen molar-refractivity contribution >= 4 is 23.4 Å². The van der Waals surface area contributed by atoms with Crippen LogP contribution in [-0.2, 0) is 9.53 Å². The van der Waals surface area contributed by atoms with Crippen LogP contribution < -0.4 is 0 Å². The van der Waals surface area contributed by atoms with Crippen LogP contribution in [0.4, 0.5) is 0 Å². The molecule has 2 amide bonds. The lowest BCUT2D eigenvalue weighted by atomic mass is 10.0. The summed E-state index contributed by atoms with van der Waals surface area (Å²) in [6.45, 7) is 3.65. The fraction of sp³-hybridized carbons (Fsp3) is 0.500. The first-order valence-corrected chi connectivity index (χ1v) is 7.93. The van der Waals surface area contributed by atoms with Gasteiger partial charge in [-0.1, -0.05) is 17.7 Å². The standard InChI is InChI=1S/C16H17ClN2O3/c1-10-11(3-2-4-12(10)17)15(21)18-6-5-16-13(18)9-14(20)19(16)7-8-22-16/h2-4,13H,5-9H2,1H3/t13-,16+/m1/s1. The Labute approximate surface area is 133 Å². The smallest absolute Gasteiger partial charge is 0.254 e. The number of carbonyl (C=O) groups excluding carboxylic acids is 2. The van der Waals surface area contributed by atoms with Crippen LogP contribution in [0.2, 0.25) is 5.02 Å². The van der Waals surface area contributed by atoms with Crippen molar-refractivity contribution in [2.45, 2.75) is 31.5 Å². The van der Waals surface area contributed by atoms with E-state index in [0.29, 0.717) is 43.1 Å². The van der Waals surface area contributed by atoms with E-state index < -0.39 is 5.72 Å². The number of carbonyl (C=O) groups is 2. The van der Waals surface area contributed by atoms with Crippen molar-refractivity contribution < 1.29 is 14.3 Å². The molecule has 0 unspecified atom stereocenters. The molecule has 0 aliphatic carbocycles. The molecule has 0 aromatic heterocycles. The van der Waals surface area contributed by atoms with E-state index >= 15 is 0 Å². The lowest BCUT2D eigenvalue weighted by Gasteiger charge is -2.31. The maximum Gasteiger partial charge on any atom is 0.254 e. The molecule has 4 rings (SSSR count). The Hall–Kier alpha value is -1.59. The van der Waals surface area contributed by atoms with Crippen molar-refractivity contribution in [1.29, 1.82) is 0 Å². The summed E-state index contributed by atoms with van der Waals surface area (Å²) in [5.41, 5.74) is 0.802. The van der Waals surface area contributed by atoms with E-state index in [4.69, 9.17) is 16.3 Å². The second-order valence-electron chi connectivity index (χ2n) is 6.12. The van der Waals surface area contributed by atoms with Gasteiger partial charge in [0.05, 0.1) is 19.1 Å². The van der Waals surface area contributed by atoms with Gasteiger partial charge in [-0.15, -0.1) is 0 Å². The minimum Gasteiger partial charge on any atom is -0.351 e. The number of rotatable bonds is 1. The molecule has 22 heavy (non-hydrogen) atoms. The van der Waals surface area contributed by atoms with Gasteiger partial charge < -0.3 is 14.5 Å². The monoisotopic (exact) mass is 320 g/mol. The average molecular weight is 321 g/mol. The molecule has 3 saturated heterocycles. The van der Waals surface area contributed by atoms with Crippen LogP contribution in [0.1, 0.15) is 28.8 Å². The summed E-state index contributed by atoms with van der Waals surface area (Å²) in [6, 6.07) is 5.17. The predicted octanol–water partition coefficient (Wildman–Crippen LogP) is 1.82. The predicted molar refractivity (Wildman–Crippen MR) is 80.6 cm³/mol. The number of ether oxygens (including phenoxy) is 1. The fourth-order valence-corrected chi connectivity index (χ4v) is 4.20. The van der Waals surface area contributed by atoms with E-state index in [1.54, 1.807) is 23.1 Å². The van der Waals surface area contributed by atoms with E-state index in [-0.39, 0.29) is 17.9 Å². The topological polar surface area (TPSA) is 49.9 Å². The lowest BCUT2D eigenvalue weighted by Crippen LogP contribution is -2.48. The molecule has 3 aliphatic rings. The zero-order chi connectivity index (χ0) is 15.5. The highest BCUT2D eigenvalue weighted by molar-refractivity contribution is 6.31. The summed E-state index contributed by atoms with van der Waals surface area (Å²) in [5, 5.41) is 0.584. The number of amides is 2. The van der Waals surface area contributed by atoms with E-state index in [2.05, 4.69) is 0 Å². The van der Waals surface area contributed by atoms with Gasteiger partial charge in [-0.05, 0) is 24.6 Å². The first-order chi connectivity index (χ1) is 10.5. The number of halogens is 1. The quantitative estimate of drug-likeness (QED) is 0.793. The van der Waals surface area contributed by atoms with Gasteiger partial charge in [-0.3, -0.25) is 9.59 Å².